The largest absolute Gasteiger partial charge is 0.489 e. The number of nitrogens with zero attached hydrogens (tertiary/aromatic N) is 5. The van der Waals surface area contributed by atoms with Gasteiger partial charge in [-0.15, -0.1) is 6.42 Å². The molecule has 0 atom stereocenters. The molecule has 1 aliphatic heterocycles. The minimum absolute atomic E-state index is 0.133. The fourth-order valence-electron chi connectivity index (χ4n) is 4.91. The van der Waals surface area contributed by atoms with Crippen molar-refractivity contribution in [2.45, 2.75) is 38.7 Å². The molecular formula is C31H31N5O2. The number of aliphatic hydroxyl groups is 1. The molecule has 3 aromatic heterocycles. The predicted molar refractivity (Wildman–Crippen MR) is 148 cm³/mol. The van der Waals surface area contributed by atoms with Crippen molar-refractivity contribution in [3.63, 3.8) is 0 Å². The maximum Gasteiger partial charge on any atom is 0.138 e. The molecule has 4 heterocycles. The fourth-order valence-corrected chi connectivity index (χ4v) is 4.91. The lowest BCUT2D eigenvalue weighted by atomic mass is 9.90. The van der Waals surface area contributed by atoms with Crippen LogP contribution in [0.5, 0.6) is 5.75 Å². The summed E-state index contributed by atoms with van der Waals surface area (Å²) in [6.45, 7) is 5.44. The molecule has 192 valence electrons. The Hall–Kier alpha value is -4.33. The van der Waals surface area contributed by atoms with Gasteiger partial charge in [-0.25, -0.2) is 9.50 Å². The molecule has 5 rings (SSSR count). The summed E-state index contributed by atoms with van der Waals surface area (Å²) in [7, 11) is 0. The average molecular weight is 506 g/mol. The lowest BCUT2D eigenvalue weighted by Gasteiger charge is -2.33. The van der Waals surface area contributed by atoms with E-state index >= 15 is 0 Å². The van der Waals surface area contributed by atoms with Crippen molar-refractivity contribution in [3.05, 3.63) is 77.7 Å². The van der Waals surface area contributed by atoms with Gasteiger partial charge in [-0.3, -0.25) is 0 Å². The highest BCUT2D eigenvalue weighted by molar-refractivity contribution is 5.85. The van der Waals surface area contributed by atoms with Crippen molar-refractivity contribution in [2.75, 3.05) is 24.6 Å². The summed E-state index contributed by atoms with van der Waals surface area (Å²) >= 11 is 0. The average Bonchev–Trinajstić information content (AvgIpc) is 3.35. The first-order valence-corrected chi connectivity index (χ1v) is 12.9. The summed E-state index contributed by atoms with van der Waals surface area (Å²) < 4.78 is 7.48. The molecule has 1 aromatic carbocycles. The van der Waals surface area contributed by atoms with Crippen molar-refractivity contribution >= 4 is 11.3 Å². The first kappa shape index (κ1) is 25.3. The second kappa shape index (κ2) is 10.6. The number of pyridine rings is 2. The van der Waals surface area contributed by atoms with E-state index in [0.717, 1.165) is 54.9 Å². The number of benzene rings is 1. The Labute approximate surface area is 223 Å². The van der Waals surface area contributed by atoms with Crippen LogP contribution in [0.1, 0.15) is 43.4 Å². The number of nitriles is 1. The predicted octanol–water partition coefficient (Wildman–Crippen LogP) is 4.86. The van der Waals surface area contributed by atoms with Crippen LogP contribution in [0.2, 0.25) is 0 Å². The first-order valence-electron chi connectivity index (χ1n) is 12.9. The highest BCUT2D eigenvalue weighted by Crippen LogP contribution is 2.32. The number of aromatic nitrogens is 3. The minimum atomic E-state index is -0.972. The molecule has 1 saturated heterocycles. The van der Waals surface area contributed by atoms with Crippen LogP contribution in [0.25, 0.3) is 16.6 Å². The van der Waals surface area contributed by atoms with Gasteiger partial charge in [-0.05, 0) is 74.9 Å². The third kappa shape index (κ3) is 5.64. The van der Waals surface area contributed by atoms with Crippen LogP contribution < -0.4 is 9.64 Å². The minimum Gasteiger partial charge on any atom is -0.489 e. The zero-order valence-electron chi connectivity index (χ0n) is 21.8. The molecule has 0 bridgehead atoms. The molecule has 0 radical (unpaired) electrons. The van der Waals surface area contributed by atoms with Crippen LogP contribution in [0.15, 0.2) is 61.1 Å². The summed E-state index contributed by atoms with van der Waals surface area (Å²) in [5.74, 6) is 4.83. The van der Waals surface area contributed by atoms with Gasteiger partial charge in [0.2, 0.25) is 0 Å². The van der Waals surface area contributed by atoms with Crippen LogP contribution in [0, 0.1) is 29.6 Å². The van der Waals surface area contributed by atoms with E-state index in [2.05, 4.69) is 34.1 Å². The van der Waals surface area contributed by atoms with Crippen molar-refractivity contribution in [3.8, 4) is 35.3 Å². The topological polar surface area (TPSA) is 86.7 Å². The Morgan fingerprint density at radius 3 is 2.53 bits per heavy atom. The Morgan fingerprint density at radius 1 is 1.13 bits per heavy atom. The van der Waals surface area contributed by atoms with E-state index in [4.69, 9.17) is 16.1 Å². The summed E-state index contributed by atoms with van der Waals surface area (Å²) in [4.78, 5) is 7.12. The lowest BCUT2D eigenvalue weighted by molar-refractivity contribution is 0.0283. The molecule has 1 N–H and O–H groups in total. The van der Waals surface area contributed by atoms with E-state index in [0.29, 0.717) is 22.7 Å². The normalized spacial score (nSPS) is 14.3. The molecule has 1 fully saturated rings. The molecule has 0 unspecified atom stereocenters. The number of rotatable bonds is 7. The molecule has 1 aliphatic rings. The smallest absolute Gasteiger partial charge is 0.138 e. The van der Waals surface area contributed by atoms with E-state index in [9.17, 15) is 10.4 Å². The molecule has 38 heavy (non-hydrogen) atoms. The molecule has 0 spiro atoms. The standard InChI is InChI=1S/C31H31N5O2/c1-4-22-5-7-23(8-6-22)15-24-11-13-35(14-12-24)29-10-9-25(18-33-29)28-16-27(38-21-31(2,3)37)20-36-30(28)26(17-32)19-34-36/h1,5-10,16,18-20,24,37H,11-15,21H2,2-3H3. The SMILES string of the molecule is C#Cc1ccc(CC2CCN(c3ccc(-c4cc(OCC(C)(C)O)cn5ncc(C#N)c45)cn3)CC2)cc1. The second-order valence-electron chi connectivity index (χ2n) is 10.5. The van der Waals surface area contributed by atoms with Crippen molar-refractivity contribution in [1.29, 1.82) is 5.26 Å². The van der Waals surface area contributed by atoms with Crippen LogP contribution >= 0.6 is 0 Å². The highest BCUT2D eigenvalue weighted by atomic mass is 16.5. The van der Waals surface area contributed by atoms with Gasteiger partial charge in [0.05, 0.1) is 29.1 Å². The lowest BCUT2D eigenvalue weighted by Crippen LogP contribution is -2.34. The fraction of sp³-hybridized carbons (Fsp3) is 0.323. The van der Waals surface area contributed by atoms with Gasteiger partial charge >= 0.3 is 0 Å². The number of piperidine rings is 1. The van der Waals surface area contributed by atoms with Crippen LogP contribution in [-0.4, -0.2) is 45.0 Å². The zero-order valence-corrected chi connectivity index (χ0v) is 21.8. The summed E-state index contributed by atoms with van der Waals surface area (Å²) in [6, 6.07) is 16.5. The monoisotopic (exact) mass is 505 g/mol. The molecular weight excluding hydrogens is 474 g/mol. The van der Waals surface area contributed by atoms with Gasteiger partial charge in [-0.2, -0.15) is 10.4 Å². The summed E-state index contributed by atoms with van der Waals surface area (Å²) in [5.41, 5.74) is 4.14. The number of ether oxygens (including phenoxy) is 1. The number of fused-ring (bicyclic) bond motifs is 1. The summed E-state index contributed by atoms with van der Waals surface area (Å²) in [5, 5.41) is 24.0. The van der Waals surface area contributed by atoms with Gasteiger partial charge in [0.25, 0.3) is 0 Å². The second-order valence-corrected chi connectivity index (χ2v) is 10.5. The van der Waals surface area contributed by atoms with Crippen molar-refractivity contribution in [1.82, 2.24) is 14.6 Å². The van der Waals surface area contributed by atoms with Gasteiger partial charge in [0.1, 0.15) is 24.2 Å². The maximum absolute atomic E-state index is 10.1. The van der Waals surface area contributed by atoms with E-state index in [1.54, 1.807) is 30.8 Å². The molecule has 0 amide bonds. The van der Waals surface area contributed by atoms with E-state index in [-0.39, 0.29) is 6.61 Å². The van der Waals surface area contributed by atoms with Crippen LogP contribution in [0.4, 0.5) is 5.82 Å². The van der Waals surface area contributed by atoms with Gasteiger partial charge < -0.3 is 14.7 Å². The van der Waals surface area contributed by atoms with E-state index in [1.165, 1.54) is 5.56 Å². The van der Waals surface area contributed by atoms with E-state index < -0.39 is 5.60 Å². The first-order chi connectivity index (χ1) is 18.3. The molecule has 4 aromatic rings. The maximum atomic E-state index is 10.1. The summed E-state index contributed by atoms with van der Waals surface area (Å²) in [6.07, 6.45) is 13.9. The van der Waals surface area contributed by atoms with Crippen LogP contribution in [-0.2, 0) is 6.42 Å². The number of hydrogen-bond donors (Lipinski definition) is 1. The molecule has 7 heteroatoms. The quantitative estimate of drug-likeness (QED) is 0.361. The number of anilines is 1. The van der Waals surface area contributed by atoms with Gasteiger partial charge in [0.15, 0.2) is 0 Å². The molecule has 0 aliphatic carbocycles. The van der Waals surface area contributed by atoms with Gasteiger partial charge in [0, 0.05) is 36.0 Å². The van der Waals surface area contributed by atoms with Gasteiger partial charge in [-0.1, -0.05) is 18.1 Å². The van der Waals surface area contributed by atoms with E-state index in [1.807, 2.05) is 36.5 Å². The highest BCUT2D eigenvalue weighted by Gasteiger charge is 2.21. The van der Waals surface area contributed by atoms with Crippen molar-refractivity contribution in [2.24, 2.45) is 5.92 Å². The Balaban J connectivity index is 1.31. The van der Waals surface area contributed by atoms with Crippen molar-refractivity contribution < 1.29 is 9.84 Å². The third-order valence-corrected chi connectivity index (χ3v) is 6.94. The number of terminal acetylenes is 1. The van der Waals surface area contributed by atoms with Crippen LogP contribution in [0.3, 0.4) is 0 Å². The Kier molecular flexibility index (Phi) is 7.05. The molecule has 0 saturated carbocycles. The zero-order chi connectivity index (χ0) is 26.7. The third-order valence-electron chi connectivity index (χ3n) is 6.94. The number of hydrogen-bond acceptors (Lipinski definition) is 6. The molecule has 7 nitrogen and oxygen atoms in total. The Bertz CT molecular complexity index is 1490. The Morgan fingerprint density at radius 2 is 1.89 bits per heavy atom.